The van der Waals surface area contributed by atoms with Gasteiger partial charge in [0, 0.05) is 42.8 Å². The molecule has 2 unspecified atom stereocenters. The van der Waals surface area contributed by atoms with Crippen LogP contribution in [0.15, 0.2) is 29.5 Å². The first kappa shape index (κ1) is 20.1. The molecule has 0 radical (unpaired) electrons. The van der Waals surface area contributed by atoms with Gasteiger partial charge in [-0.3, -0.25) is 0 Å². The fraction of sp³-hybridized carbons (Fsp3) is 0.429. The third-order valence-corrected chi connectivity index (χ3v) is 5.65. The molecule has 2 saturated heterocycles. The van der Waals surface area contributed by atoms with Crippen LogP contribution < -0.4 is 10.2 Å². The predicted molar refractivity (Wildman–Crippen MR) is 114 cm³/mol. The molecule has 4 heterocycles. The molecule has 2 aromatic rings. The molecule has 0 aromatic carbocycles. The van der Waals surface area contributed by atoms with Crippen LogP contribution in [0.3, 0.4) is 0 Å². The molecular formula is C21H24N8O. The maximum absolute atomic E-state index is 10.1. The summed E-state index contributed by atoms with van der Waals surface area (Å²) in [5.41, 5.74) is 2.34. The van der Waals surface area contributed by atoms with Gasteiger partial charge in [0.1, 0.15) is 11.9 Å². The molecule has 0 amide bonds. The van der Waals surface area contributed by atoms with E-state index in [2.05, 4.69) is 36.2 Å². The number of hydrogen-bond acceptors (Lipinski definition) is 9. The molecule has 9 heteroatoms. The minimum Gasteiger partial charge on any atom is -0.393 e. The molecule has 2 atom stereocenters. The molecule has 2 bridgehead atoms. The zero-order valence-corrected chi connectivity index (χ0v) is 16.8. The van der Waals surface area contributed by atoms with Crippen LogP contribution in [-0.4, -0.2) is 63.8 Å². The molecule has 2 fully saturated rings. The lowest BCUT2D eigenvalue weighted by Gasteiger charge is -2.38. The lowest BCUT2D eigenvalue weighted by Crippen LogP contribution is -2.45. The number of nitrogens with one attached hydrogen (secondary N) is 2. The van der Waals surface area contributed by atoms with Crippen molar-refractivity contribution in [3.05, 3.63) is 30.1 Å². The number of aliphatic hydroxyl groups excluding tert-OH is 1. The normalized spacial score (nSPS) is 23.3. The van der Waals surface area contributed by atoms with Crippen LogP contribution in [0.4, 0.5) is 11.8 Å². The minimum absolute atomic E-state index is 0.232. The maximum atomic E-state index is 10.1. The standard InChI is InChI=1S/C21H24N8O/c1-24-12-15(10-23)27-21-25-5-4-19(28-21)14-6-13(9-22)20(26-11-14)29-16-2-3-17(29)8-18(30)7-16/h4-6,10-11,16-18,23-24,30H,2-3,7-8,12H2,1H3. The Morgan fingerprint density at radius 1 is 1.40 bits per heavy atom. The summed E-state index contributed by atoms with van der Waals surface area (Å²) in [7, 11) is 1.78. The number of hydrogen-bond donors (Lipinski definition) is 3. The number of aliphatic imine (C=N–C) groups is 1. The third-order valence-electron chi connectivity index (χ3n) is 5.65. The molecule has 30 heavy (non-hydrogen) atoms. The number of nitriles is 1. The average Bonchev–Trinajstić information content (AvgIpc) is 3.03. The Kier molecular flexibility index (Phi) is 5.79. The summed E-state index contributed by atoms with van der Waals surface area (Å²) in [4.78, 5) is 19.8. The largest absolute Gasteiger partial charge is 0.393 e. The van der Waals surface area contributed by atoms with Gasteiger partial charge in [-0.2, -0.15) is 5.26 Å². The highest BCUT2D eigenvalue weighted by Crippen LogP contribution is 2.40. The summed E-state index contributed by atoms with van der Waals surface area (Å²) in [6.07, 6.45) is 7.71. The van der Waals surface area contributed by atoms with Crippen molar-refractivity contribution in [3.63, 3.8) is 0 Å². The van der Waals surface area contributed by atoms with Crippen LogP contribution in [0.5, 0.6) is 0 Å². The van der Waals surface area contributed by atoms with E-state index in [9.17, 15) is 10.4 Å². The molecule has 0 saturated carbocycles. The Balaban J connectivity index is 1.65. The SMILES string of the molecule is CNCC(C=N)=Nc1nccc(-c2cnc(N3C4CCC3CC(O)C4)c(C#N)c2)n1. The number of aliphatic hydroxyl groups is 1. The van der Waals surface area contributed by atoms with Gasteiger partial charge >= 0.3 is 0 Å². The van der Waals surface area contributed by atoms with E-state index >= 15 is 0 Å². The summed E-state index contributed by atoms with van der Waals surface area (Å²) in [6.45, 7) is 0.443. The van der Waals surface area contributed by atoms with E-state index in [4.69, 9.17) is 5.41 Å². The Morgan fingerprint density at radius 3 is 2.83 bits per heavy atom. The van der Waals surface area contributed by atoms with Crippen LogP contribution in [0.1, 0.15) is 31.2 Å². The zero-order chi connectivity index (χ0) is 21.1. The van der Waals surface area contributed by atoms with E-state index in [1.807, 2.05) is 0 Å². The Bertz CT molecular complexity index is 1000. The second-order valence-corrected chi connectivity index (χ2v) is 7.64. The van der Waals surface area contributed by atoms with Gasteiger partial charge in [-0.05, 0) is 44.9 Å². The summed E-state index contributed by atoms with van der Waals surface area (Å²) >= 11 is 0. The molecule has 0 spiro atoms. The summed E-state index contributed by atoms with van der Waals surface area (Å²) in [6, 6.07) is 6.29. The lowest BCUT2D eigenvalue weighted by molar-refractivity contribution is 0.126. The molecule has 2 aliphatic rings. The first-order chi connectivity index (χ1) is 14.6. The van der Waals surface area contributed by atoms with E-state index in [1.54, 1.807) is 31.6 Å². The van der Waals surface area contributed by atoms with E-state index in [0.717, 1.165) is 25.7 Å². The molecule has 2 aromatic heterocycles. The molecule has 3 N–H and O–H groups in total. The lowest BCUT2D eigenvalue weighted by atomic mass is 9.99. The second kappa shape index (κ2) is 8.65. The van der Waals surface area contributed by atoms with Crippen molar-refractivity contribution < 1.29 is 5.11 Å². The van der Waals surface area contributed by atoms with Crippen LogP contribution >= 0.6 is 0 Å². The van der Waals surface area contributed by atoms with Crippen molar-refractivity contribution in [2.75, 3.05) is 18.5 Å². The number of fused-ring (bicyclic) bond motifs is 2. The highest BCUT2D eigenvalue weighted by atomic mass is 16.3. The Labute approximate surface area is 175 Å². The highest BCUT2D eigenvalue weighted by Gasteiger charge is 2.41. The van der Waals surface area contributed by atoms with Gasteiger partial charge in [-0.25, -0.2) is 19.9 Å². The smallest absolute Gasteiger partial charge is 0.250 e. The van der Waals surface area contributed by atoms with Gasteiger partial charge in [-0.1, -0.05) is 0 Å². The molecule has 0 aliphatic carbocycles. The molecular weight excluding hydrogens is 380 g/mol. The maximum Gasteiger partial charge on any atom is 0.250 e. The van der Waals surface area contributed by atoms with Gasteiger partial charge in [-0.15, -0.1) is 0 Å². The molecule has 2 aliphatic heterocycles. The van der Waals surface area contributed by atoms with Crippen molar-refractivity contribution in [2.24, 2.45) is 4.99 Å². The van der Waals surface area contributed by atoms with Crippen LogP contribution in [-0.2, 0) is 0 Å². The van der Waals surface area contributed by atoms with Gasteiger partial charge < -0.3 is 20.7 Å². The monoisotopic (exact) mass is 404 g/mol. The van der Waals surface area contributed by atoms with Crippen molar-refractivity contribution >= 4 is 23.7 Å². The number of aromatic nitrogens is 3. The van der Waals surface area contributed by atoms with Gasteiger partial charge in [0.05, 0.1) is 23.1 Å². The van der Waals surface area contributed by atoms with Gasteiger partial charge in [0.25, 0.3) is 0 Å². The van der Waals surface area contributed by atoms with Crippen molar-refractivity contribution in [3.8, 4) is 17.3 Å². The number of piperidine rings is 1. The Hall–Kier alpha value is -3.22. The topological polar surface area (TPSA) is 134 Å². The van der Waals surface area contributed by atoms with E-state index < -0.39 is 0 Å². The number of rotatable bonds is 6. The van der Waals surface area contributed by atoms with Crippen LogP contribution in [0.2, 0.25) is 0 Å². The summed E-state index contributed by atoms with van der Waals surface area (Å²) in [5, 5.41) is 30.2. The fourth-order valence-electron chi connectivity index (χ4n) is 4.38. The quantitative estimate of drug-likeness (QED) is 0.625. The molecule has 4 rings (SSSR count). The first-order valence-electron chi connectivity index (χ1n) is 10.1. The highest BCUT2D eigenvalue weighted by molar-refractivity contribution is 6.30. The zero-order valence-electron chi connectivity index (χ0n) is 16.8. The van der Waals surface area contributed by atoms with Crippen molar-refractivity contribution in [2.45, 2.75) is 43.9 Å². The van der Waals surface area contributed by atoms with Gasteiger partial charge in [0.2, 0.25) is 5.95 Å². The van der Waals surface area contributed by atoms with Gasteiger partial charge in [0.15, 0.2) is 0 Å². The minimum atomic E-state index is -0.266. The van der Waals surface area contributed by atoms with E-state index in [0.29, 0.717) is 34.9 Å². The number of nitrogens with zero attached hydrogens (tertiary/aromatic N) is 6. The molecule has 154 valence electrons. The van der Waals surface area contributed by atoms with Crippen molar-refractivity contribution in [1.82, 2.24) is 20.3 Å². The van der Waals surface area contributed by atoms with E-state index in [-0.39, 0.29) is 24.1 Å². The third kappa shape index (κ3) is 3.92. The van der Waals surface area contributed by atoms with Crippen LogP contribution in [0.25, 0.3) is 11.3 Å². The van der Waals surface area contributed by atoms with Crippen LogP contribution in [0, 0.1) is 16.7 Å². The summed E-state index contributed by atoms with van der Waals surface area (Å²) < 4.78 is 0. The Morgan fingerprint density at radius 2 is 2.17 bits per heavy atom. The van der Waals surface area contributed by atoms with Crippen molar-refractivity contribution in [1.29, 1.82) is 10.7 Å². The molecule has 9 nitrogen and oxygen atoms in total. The first-order valence-corrected chi connectivity index (χ1v) is 10.1. The summed E-state index contributed by atoms with van der Waals surface area (Å²) in [5.74, 6) is 0.944. The number of anilines is 1. The average molecular weight is 404 g/mol. The second-order valence-electron chi connectivity index (χ2n) is 7.64. The van der Waals surface area contributed by atoms with E-state index in [1.165, 1.54) is 6.21 Å². The predicted octanol–water partition coefficient (Wildman–Crippen LogP) is 1.84. The number of pyridine rings is 1. The fourth-order valence-corrected chi connectivity index (χ4v) is 4.38.